The summed E-state index contributed by atoms with van der Waals surface area (Å²) in [6.07, 6.45) is 0.980. The van der Waals surface area contributed by atoms with E-state index < -0.39 is 17.7 Å². The number of anilines is 1. The van der Waals surface area contributed by atoms with Crippen LogP contribution in [0.2, 0.25) is 5.02 Å². The van der Waals surface area contributed by atoms with Crippen molar-refractivity contribution in [3.63, 3.8) is 0 Å². The molecule has 0 saturated carbocycles. The van der Waals surface area contributed by atoms with E-state index in [0.29, 0.717) is 16.3 Å². The van der Waals surface area contributed by atoms with Gasteiger partial charge in [-0.15, -0.1) is 0 Å². The molecule has 7 heteroatoms. The molecule has 140 valence electrons. The van der Waals surface area contributed by atoms with Crippen LogP contribution in [0.25, 0.3) is 0 Å². The molecule has 1 aliphatic rings. The van der Waals surface area contributed by atoms with Crippen molar-refractivity contribution in [3.05, 3.63) is 64.7 Å². The van der Waals surface area contributed by atoms with Crippen LogP contribution in [0.4, 0.5) is 5.69 Å². The second-order valence-corrected chi connectivity index (χ2v) is 6.81. The van der Waals surface area contributed by atoms with Crippen molar-refractivity contribution in [3.8, 4) is 0 Å². The summed E-state index contributed by atoms with van der Waals surface area (Å²) in [5.74, 6) is -1.46. The zero-order valence-electron chi connectivity index (χ0n) is 14.9. The minimum atomic E-state index is -0.532. The average Bonchev–Trinajstić information content (AvgIpc) is 3.08. The van der Waals surface area contributed by atoms with E-state index in [1.165, 1.54) is 0 Å². The van der Waals surface area contributed by atoms with Crippen LogP contribution in [-0.2, 0) is 16.0 Å². The first kappa shape index (κ1) is 18.9. The number of hydrogen-bond acceptors (Lipinski definition) is 3. The summed E-state index contributed by atoms with van der Waals surface area (Å²) < 4.78 is 0. The Morgan fingerprint density at radius 2 is 1.74 bits per heavy atom. The molecule has 1 fully saturated rings. The molecule has 3 amide bonds. The second-order valence-electron chi connectivity index (χ2n) is 6.38. The zero-order valence-corrected chi connectivity index (χ0v) is 15.6. The Bertz CT molecular complexity index is 850. The molecule has 1 atom stereocenters. The predicted molar refractivity (Wildman–Crippen MR) is 103 cm³/mol. The molecular weight excluding hydrogens is 366 g/mol. The molecule has 1 aliphatic heterocycles. The minimum absolute atomic E-state index is 0.0928. The van der Waals surface area contributed by atoms with Gasteiger partial charge in [0.15, 0.2) is 0 Å². The van der Waals surface area contributed by atoms with Gasteiger partial charge in [-0.25, -0.2) is 0 Å². The van der Waals surface area contributed by atoms with Crippen molar-refractivity contribution >= 4 is 35.0 Å². The van der Waals surface area contributed by atoms with E-state index in [9.17, 15) is 14.4 Å². The Morgan fingerprint density at radius 1 is 1.07 bits per heavy atom. The monoisotopic (exact) mass is 385 g/mol. The summed E-state index contributed by atoms with van der Waals surface area (Å²) >= 11 is 5.86. The summed E-state index contributed by atoms with van der Waals surface area (Å²) in [6, 6.07) is 14.0. The van der Waals surface area contributed by atoms with Crippen molar-refractivity contribution in [2.45, 2.75) is 19.8 Å². The van der Waals surface area contributed by atoms with Gasteiger partial charge < -0.3 is 4.90 Å². The summed E-state index contributed by atoms with van der Waals surface area (Å²) in [5.41, 5.74) is 7.10. The standard InChI is InChI=1S/C20H20ClN3O3/c1-2-13-3-5-14(6-4-13)19(26)22-23-20(27)15-11-18(25)24(12-15)17-9-7-16(21)8-10-17/h3-10,15H,2,11-12H2,1H3,(H,22,26)(H,23,27). The highest BCUT2D eigenvalue weighted by Gasteiger charge is 2.35. The lowest BCUT2D eigenvalue weighted by Crippen LogP contribution is -2.45. The van der Waals surface area contributed by atoms with Crippen LogP contribution < -0.4 is 15.8 Å². The fourth-order valence-electron chi connectivity index (χ4n) is 2.94. The molecule has 6 nitrogen and oxygen atoms in total. The van der Waals surface area contributed by atoms with Gasteiger partial charge in [0.05, 0.1) is 5.92 Å². The lowest BCUT2D eigenvalue weighted by molar-refractivity contribution is -0.126. The molecule has 0 spiro atoms. The minimum Gasteiger partial charge on any atom is -0.312 e. The zero-order chi connectivity index (χ0) is 19.4. The molecule has 0 bridgehead atoms. The first-order chi connectivity index (χ1) is 13.0. The van der Waals surface area contributed by atoms with Gasteiger partial charge in [0, 0.05) is 29.2 Å². The van der Waals surface area contributed by atoms with Crippen LogP contribution in [-0.4, -0.2) is 24.3 Å². The number of amides is 3. The number of halogens is 1. The Labute approximate surface area is 162 Å². The van der Waals surface area contributed by atoms with Crippen molar-refractivity contribution < 1.29 is 14.4 Å². The van der Waals surface area contributed by atoms with Crippen molar-refractivity contribution in [2.24, 2.45) is 5.92 Å². The maximum atomic E-state index is 12.3. The largest absolute Gasteiger partial charge is 0.312 e. The van der Waals surface area contributed by atoms with Gasteiger partial charge >= 0.3 is 0 Å². The number of aryl methyl sites for hydroxylation is 1. The quantitative estimate of drug-likeness (QED) is 0.794. The molecule has 27 heavy (non-hydrogen) atoms. The maximum Gasteiger partial charge on any atom is 0.269 e. The summed E-state index contributed by atoms with van der Waals surface area (Å²) in [7, 11) is 0. The second kappa shape index (κ2) is 8.22. The SMILES string of the molecule is CCc1ccc(C(=O)NNC(=O)C2CC(=O)N(c3ccc(Cl)cc3)C2)cc1. The molecular formula is C20H20ClN3O3. The third kappa shape index (κ3) is 4.46. The summed E-state index contributed by atoms with van der Waals surface area (Å²) in [5, 5.41) is 0.578. The van der Waals surface area contributed by atoms with E-state index in [2.05, 4.69) is 10.9 Å². The van der Waals surface area contributed by atoms with Crippen LogP contribution in [0, 0.1) is 5.92 Å². The average molecular weight is 386 g/mol. The molecule has 2 N–H and O–H groups in total. The molecule has 0 aromatic heterocycles. The lowest BCUT2D eigenvalue weighted by Gasteiger charge is -2.17. The lowest BCUT2D eigenvalue weighted by atomic mass is 10.1. The first-order valence-electron chi connectivity index (χ1n) is 8.73. The molecule has 1 saturated heterocycles. The van der Waals surface area contributed by atoms with E-state index in [1.54, 1.807) is 41.3 Å². The molecule has 1 unspecified atom stereocenters. The van der Waals surface area contributed by atoms with Gasteiger partial charge in [0.2, 0.25) is 11.8 Å². The van der Waals surface area contributed by atoms with Crippen LogP contribution in [0.15, 0.2) is 48.5 Å². The fraction of sp³-hybridized carbons (Fsp3) is 0.250. The van der Waals surface area contributed by atoms with Crippen LogP contribution in [0.1, 0.15) is 29.3 Å². The molecule has 0 aliphatic carbocycles. The van der Waals surface area contributed by atoms with Gasteiger partial charge in [-0.05, 0) is 48.4 Å². The molecule has 2 aromatic carbocycles. The maximum absolute atomic E-state index is 12.3. The van der Waals surface area contributed by atoms with Crippen molar-refractivity contribution in [1.82, 2.24) is 10.9 Å². The Morgan fingerprint density at radius 3 is 2.37 bits per heavy atom. The Balaban J connectivity index is 1.55. The van der Waals surface area contributed by atoms with Gasteiger partial charge in [-0.3, -0.25) is 25.2 Å². The van der Waals surface area contributed by atoms with Crippen molar-refractivity contribution in [2.75, 3.05) is 11.4 Å². The normalized spacial score (nSPS) is 16.3. The summed E-state index contributed by atoms with van der Waals surface area (Å²) in [4.78, 5) is 38.2. The highest BCUT2D eigenvalue weighted by Crippen LogP contribution is 2.26. The van der Waals surface area contributed by atoms with Crippen LogP contribution >= 0.6 is 11.6 Å². The topological polar surface area (TPSA) is 78.5 Å². The number of nitrogens with zero attached hydrogens (tertiary/aromatic N) is 1. The number of hydrazine groups is 1. The third-order valence-corrected chi connectivity index (χ3v) is 4.81. The van der Waals surface area contributed by atoms with Gasteiger partial charge in [0.1, 0.15) is 0 Å². The van der Waals surface area contributed by atoms with Crippen LogP contribution in [0.5, 0.6) is 0 Å². The number of nitrogens with one attached hydrogen (secondary N) is 2. The first-order valence-corrected chi connectivity index (χ1v) is 9.10. The highest BCUT2D eigenvalue weighted by molar-refractivity contribution is 6.30. The van der Waals surface area contributed by atoms with Gasteiger partial charge in [0.25, 0.3) is 5.91 Å². The number of carbonyl (C=O) groups is 3. The molecule has 0 radical (unpaired) electrons. The van der Waals surface area contributed by atoms with Crippen molar-refractivity contribution in [1.29, 1.82) is 0 Å². The third-order valence-electron chi connectivity index (χ3n) is 4.56. The molecule has 1 heterocycles. The van der Waals surface area contributed by atoms with E-state index in [4.69, 9.17) is 11.6 Å². The van der Waals surface area contributed by atoms with E-state index in [0.717, 1.165) is 12.0 Å². The van der Waals surface area contributed by atoms with E-state index in [1.807, 2.05) is 19.1 Å². The van der Waals surface area contributed by atoms with Gasteiger partial charge in [-0.2, -0.15) is 0 Å². The van der Waals surface area contributed by atoms with E-state index in [-0.39, 0.29) is 18.9 Å². The predicted octanol–water partition coefficient (Wildman–Crippen LogP) is 2.72. The van der Waals surface area contributed by atoms with Gasteiger partial charge in [-0.1, -0.05) is 30.7 Å². The number of hydrogen-bond donors (Lipinski definition) is 2. The smallest absolute Gasteiger partial charge is 0.269 e. The fourth-order valence-corrected chi connectivity index (χ4v) is 3.06. The Kier molecular flexibility index (Phi) is 5.76. The summed E-state index contributed by atoms with van der Waals surface area (Å²) in [6.45, 7) is 2.29. The Hall–Kier alpha value is -2.86. The molecule has 2 aromatic rings. The van der Waals surface area contributed by atoms with E-state index >= 15 is 0 Å². The van der Waals surface area contributed by atoms with Crippen LogP contribution in [0.3, 0.4) is 0 Å². The highest BCUT2D eigenvalue weighted by atomic mass is 35.5. The number of carbonyl (C=O) groups excluding carboxylic acids is 3. The number of benzene rings is 2. The molecule has 3 rings (SSSR count). The number of rotatable bonds is 4.